The Morgan fingerprint density at radius 3 is 2.67 bits per heavy atom. The van der Waals surface area contributed by atoms with Crippen LogP contribution < -0.4 is 5.73 Å². The summed E-state index contributed by atoms with van der Waals surface area (Å²) in [4.78, 5) is 10.7. The minimum absolute atomic E-state index is 0.222. The van der Waals surface area contributed by atoms with Gasteiger partial charge in [0, 0.05) is 0 Å². The van der Waals surface area contributed by atoms with E-state index in [4.69, 9.17) is 22.4 Å². The van der Waals surface area contributed by atoms with Gasteiger partial charge in [-0.1, -0.05) is 0 Å². The number of nitrogens with zero attached hydrogens (tertiary/aromatic N) is 2. The van der Waals surface area contributed by atoms with Crippen LogP contribution in [0.4, 0.5) is 5.95 Å². The Morgan fingerprint density at radius 2 is 2.13 bits per heavy atom. The second-order valence-corrected chi connectivity index (χ2v) is 3.56. The number of furan rings is 1. The van der Waals surface area contributed by atoms with Gasteiger partial charge in [-0.25, -0.2) is 4.98 Å². The molecule has 0 unspecified atom stereocenters. The van der Waals surface area contributed by atoms with E-state index in [0.717, 1.165) is 17.1 Å². The maximum atomic E-state index is 5.55. The summed E-state index contributed by atoms with van der Waals surface area (Å²) < 4.78 is 5.62. The van der Waals surface area contributed by atoms with Gasteiger partial charge in [0.15, 0.2) is 0 Å². The lowest BCUT2D eigenvalue weighted by Crippen LogP contribution is -1.99. The Bertz CT molecular complexity index is 557. The fourth-order valence-electron chi connectivity index (χ4n) is 1.39. The molecule has 78 valence electrons. The molecule has 3 N–H and O–H groups in total. The molecule has 15 heavy (non-hydrogen) atoms. The first-order chi connectivity index (χ1) is 7.06. The highest BCUT2D eigenvalue weighted by molar-refractivity contribution is 7.71. The number of aromatic nitrogens is 3. The molecule has 0 aliphatic carbocycles. The van der Waals surface area contributed by atoms with Crippen LogP contribution in [0.3, 0.4) is 0 Å². The molecule has 0 saturated carbocycles. The van der Waals surface area contributed by atoms with Gasteiger partial charge in [0.05, 0.1) is 5.56 Å². The van der Waals surface area contributed by atoms with Crippen LogP contribution in [-0.2, 0) is 0 Å². The van der Waals surface area contributed by atoms with Gasteiger partial charge in [0.25, 0.3) is 0 Å². The van der Waals surface area contributed by atoms with Crippen molar-refractivity contribution < 1.29 is 4.42 Å². The van der Waals surface area contributed by atoms with E-state index in [1.54, 1.807) is 0 Å². The van der Waals surface area contributed by atoms with E-state index in [9.17, 15) is 0 Å². The third kappa shape index (κ3) is 1.89. The molecule has 0 radical (unpaired) electrons. The molecular formula is C9H10N4OS. The molecule has 0 aliphatic rings. The molecule has 5 nitrogen and oxygen atoms in total. The van der Waals surface area contributed by atoms with Crippen molar-refractivity contribution in [3.05, 3.63) is 22.4 Å². The lowest BCUT2D eigenvalue weighted by Gasteiger charge is -1.99. The van der Waals surface area contributed by atoms with Crippen molar-refractivity contribution in [1.82, 2.24) is 15.0 Å². The molecule has 2 heterocycles. The van der Waals surface area contributed by atoms with E-state index in [2.05, 4.69) is 15.0 Å². The van der Waals surface area contributed by atoms with E-state index in [1.165, 1.54) is 0 Å². The van der Waals surface area contributed by atoms with Gasteiger partial charge in [-0.2, -0.15) is 4.98 Å². The predicted octanol–water partition coefficient (Wildman–Crippen LogP) is 1.99. The number of hydrogen-bond acceptors (Lipinski definition) is 5. The second-order valence-electron chi connectivity index (χ2n) is 3.19. The Morgan fingerprint density at radius 1 is 1.40 bits per heavy atom. The monoisotopic (exact) mass is 222 g/mol. The largest absolute Gasteiger partial charge is 0.466 e. The molecule has 0 atom stereocenters. The summed E-state index contributed by atoms with van der Waals surface area (Å²) in [6.07, 6.45) is 0. The average Bonchev–Trinajstić information content (AvgIpc) is 2.43. The van der Waals surface area contributed by atoms with Gasteiger partial charge < -0.3 is 15.1 Å². The Balaban J connectivity index is 2.63. The standard InChI is InChI=1S/C9H10N4OS/c1-4-3-6(5(2)14-4)7-11-8(10)13-9(15)12-7/h3H,1-2H3,(H3,10,11,12,13,15). The zero-order chi connectivity index (χ0) is 11.0. The SMILES string of the molecule is Cc1cc(-c2nc(=S)nc(N)[nH]2)c(C)o1. The third-order valence-corrected chi connectivity index (χ3v) is 2.15. The van der Waals surface area contributed by atoms with Crippen molar-refractivity contribution in [2.75, 3.05) is 5.73 Å². The fourth-order valence-corrected chi connectivity index (χ4v) is 1.58. The van der Waals surface area contributed by atoms with Crippen molar-refractivity contribution in [3.8, 4) is 11.4 Å². The predicted molar refractivity (Wildman–Crippen MR) is 58.8 cm³/mol. The minimum Gasteiger partial charge on any atom is -0.466 e. The quantitative estimate of drug-likeness (QED) is 0.721. The van der Waals surface area contributed by atoms with Crippen LogP contribution in [0.5, 0.6) is 0 Å². The molecule has 0 bridgehead atoms. The maximum absolute atomic E-state index is 5.55. The van der Waals surface area contributed by atoms with Crippen LogP contribution in [0.15, 0.2) is 10.5 Å². The first-order valence-electron chi connectivity index (χ1n) is 4.37. The molecule has 0 saturated heterocycles. The number of nitrogen functional groups attached to an aromatic ring is 1. The van der Waals surface area contributed by atoms with Crippen molar-refractivity contribution in [1.29, 1.82) is 0 Å². The maximum Gasteiger partial charge on any atom is 0.224 e. The van der Waals surface area contributed by atoms with Gasteiger partial charge in [-0.3, -0.25) is 0 Å². The van der Waals surface area contributed by atoms with Crippen LogP contribution in [0.25, 0.3) is 11.4 Å². The molecule has 2 aromatic heterocycles. The summed E-state index contributed by atoms with van der Waals surface area (Å²) in [5.74, 6) is 2.43. The second kappa shape index (κ2) is 3.47. The Hall–Kier alpha value is -1.69. The van der Waals surface area contributed by atoms with Crippen LogP contribution >= 0.6 is 12.2 Å². The first-order valence-corrected chi connectivity index (χ1v) is 4.78. The van der Waals surface area contributed by atoms with Crippen molar-refractivity contribution in [3.63, 3.8) is 0 Å². The number of aryl methyl sites for hydroxylation is 2. The number of nitrogens with two attached hydrogens (primary N) is 1. The summed E-state index contributed by atoms with van der Waals surface area (Å²) in [5.41, 5.74) is 6.40. The highest BCUT2D eigenvalue weighted by atomic mass is 32.1. The molecule has 0 aliphatic heterocycles. The minimum atomic E-state index is 0.222. The number of nitrogens with one attached hydrogen (secondary N) is 1. The lowest BCUT2D eigenvalue weighted by atomic mass is 10.2. The topological polar surface area (TPSA) is 80.7 Å². The summed E-state index contributed by atoms with van der Waals surface area (Å²) >= 11 is 4.88. The summed E-state index contributed by atoms with van der Waals surface area (Å²) in [6.45, 7) is 3.73. The molecule has 2 aromatic rings. The summed E-state index contributed by atoms with van der Waals surface area (Å²) in [7, 11) is 0. The smallest absolute Gasteiger partial charge is 0.224 e. The molecule has 0 fully saturated rings. The average molecular weight is 222 g/mol. The van der Waals surface area contributed by atoms with Gasteiger partial charge in [0.1, 0.15) is 17.3 Å². The van der Waals surface area contributed by atoms with Crippen LogP contribution in [-0.4, -0.2) is 15.0 Å². The van der Waals surface area contributed by atoms with Crippen LogP contribution in [0.1, 0.15) is 11.5 Å². The molecule has 6 heteroatoms. The van der Waals surface area contributed by atoms with Gasteiger partial charge in [-0.15, -0.1) is 0 Å². The molecule has 0 spiro atoms. The molecule has 2 rings (SSSR count). The van der Waals surface area contributed by atoms with Gasteiger partial charge in [0.2, 0.25) is 10.7 Å². The number of anilines is 1. The number of aromatic amines is 1. The number of rotatable bonds is 1. The van der Waals surface area contributed by atoms with E-state index < -0.39 is 0 Å². The van der Waals surface area contributed by atoms with E-state index in [-0.39, 0.29) is 10.7 Å². The highest BCUT2D eigenvalue weighted by Gasteiger charge is 2.09. The van der Waals surface area contributed by atoms with Crippen molar-refractivity contribution >= 4 is 18.2 Å². The molecule has 0 amide bonds. The first kappa shape index (κ1) is 9.85. The van der Waals surface area contributed by atoms with Crippen LogP contribution in [0.2, 0.25) is 0 Å². The zero-order valence-corrected chi connectivity index (χ0v) is 9.18. The lowest BCUT2D eigenvalue weighted by molar-refractivity contribution is 0.505. The van der Waals surface area contributed by atoms with Crippen molar-refractivity contribution in [2.24, 2.45) is 0 Å². The van der Waals surface area contributed by atoms with Crippen LogP contribution in [0, 0.1) is 18.6 Å². The molecular weight excluding hydrogens is 212 g/mol. The van der Waals surface area contributed by atoms with E-state index >= 15 is 0 Å². The van der Waals surface area contributed by atoms with Crippen molar-refractivity contribution in [2.45, 2.75) is 13.8 Å². The van der Waals surface area contributed by atoms with E-state index in [1.807, 2.05) is 19.9 Å². The highest BCUT2D eigenvalue weighted by Crippen LogP contribution is 2.23. The molecule has 0 aromatic carbocycles. The normalized spacial score (nSPS) is 10.5. The number of hydrogen-bond donors (Lipinski definition) is 2. The Kier molecular flexibility index (Phi) is 2.28. The van der Waals surface area contributed by atoms with E-state index in [0.29, 0.717) is 5.82 Å². The summed E-state index contributed by atoms with van der Waals surface area (Å²) in [6, 6.07) is 1.88. The summed E-state index contributed by atoms with van der Waals surface area (Å²) in [5, 5.41) is 0. The fraction of sp³-hybridized carbons (Fsp3) is 0.222. The Labute approximate surface area is 91.4 Å². The zero-order valence-electron chi connectivity index (χ0n) is 8.37. The number of H-pyrrole nitrogens is 1. The van der Waals surface area contributed by atoms with Gasteiger partial charge in [-0.05, 0) is 32.1 Å². The third-order valence-electron chi connectivity index (χ3n) is 1.97. The van der Waals surface area contributed by atoms with Gasteiger partial charge >= 0.3 is 0 Å².